The van der Waals surface area contributed by atoms with Gasteiger partial charge >= 0.3 is 0 Å². The number of carbonyl (C=O) groups excluding carboxylic acids is 1. The lowest BCUT2D eigenvalue weighted by Crippen LogP contribution is -2.12. The topological polar surface area (TPSA) is 95.1 Å². The van der Waals surface area contributed by atoms with Gasteiger partial charge in [0.05, 0.1) is 23.9 Å². The maximum absolute atomic E-state index is 11.2. The normalized spacial score (nSPS) is 10.8. The van der Waals surface area contributed by atoms with Crippen LogP contribution in [0.5, 0.6) is 5.75 Å². The summed E-state index contributed by atoms with van der Waals surface area (Å²) in [6.45, 7) is 0.830. The van der Waals surface area contributed by atoms with Crippen LogP contribution in [0.15, 0.2) is 67.1 Å². The molecule has 146 valence electrons. The number of ether oxygens (including phenoxy) is 1. The van der Waals surface area contributed by atoms with E-state index < -0.39 is 5.91 Å². The zero-order valence-corrected chi connectivity index (χ0v) is 16.0. The van der Waals surface area contributed by atoms with Crippen molar-refractivity contribution in [1.82, 2.24) is 14.5 Å². The summed E-state index contributed by atoms with van der Waals surface area (Å²) in [7, 11) is 1.69. The van der Waals surface area contributed by atoms with Gasteiger partial charge in [-0.15, -0.1) is 0 Å². The minimum absolute atomic E-state index is 0.274. The second-order valence-electron chi connectivity index (χ2n) is 6.59. The predicted molar refractivity (Wildman–Crippen MR) is 112 cm³/mol. The first-order chi connectivity index (χ1) is 14.2. The number of anilines is 2. The fraction of sp³-hybridized carbons (Fsp3) is 0.136. The van der Waals surface area contributed by atoms with E-state index in [1.807, 2.05) is 30.3 Å². The van der Waals surface area contributed by atoms with E-state index in [0.717, 1.165) is 35.3 Å². The number of fused-ring (bicyclic) bond motifs is 1. The van der Waals surface area contributed by atoms with Gasteiger partial charge in [0.15, 0.2) is 0 Å². The van der Waals surface area contributed by atoms with Gasteiger partial charge in [-0.25, -0.2) is 9.97 Å². The summed E-state index contributed by atoms with van der Waals surface area (Å²) in [6.07, 6.45) is 5.76. The predicted octanol–water partition coefficient (Wildman–Crippen LogP) is 3.53. The van der Waals surface area contributed by atoms with E-state index in [0.29, 0.717) is 5.95 Å². The summed E-state index contributed by atoms with van der Waals surface area (Å²) in [5, 5.41) is 4.28. The number of hydrogen-bond donors (Lipinski definition) is 2. The highest BCUT2D eigenvalue weighted by atomic mass is 16.5. The number of primary amides is 1. The van der Waals surface area contributed by atoms with E-state index in [9.17, 15) is 4.79 Å². The molecule has 2 aromatic carbocycles. The highest BCUT2D eigenvalue weighted by Gasteiger charge is 2.09. The third-order valence-electron chi connectivity index (χ3n) is 4.81. The molecule has 1 amide bonds. The molecule has 0 aliphatic rings. The first-order valence-corrected chi connectivity index (χ1v) is 9.24. The number of nitrogens with two attached hydrogens (primary N) is 1. The van der Waals surface area contributed by atoms with Gasteiger partial charge in [0.25, 0.3) is 5.91 Å². The zero-order chi connectivity index (χ0) is 20.2. The molecule has 0 fully saturated rings. The Balaban J connectivity index is 1.55. The SMILES string of the molecule is COc1ccccc1CCn1ccc2c(Nc3ncc(C(N)=O)cn3)cccc21. The van der Waals surface area contributed by atoms with E-state index in [1.165, 1.54) is 18.0 Å². The zero-order valence-electron chi connectivity index (χ0n) is 16.0. The number of nitrogens with zero attached hydrogens (tertiary/aromatic N) is 3. The molecular formula is C22H21N5O2. The Kier molecular flexibility index (Phi) is 5.11. The molecule has 0 bridgehead atoms. The van der Waals surface area contributed by atoms with Crippen molar-refractivity contribution >= 4 is 28.4 Å². The number of benzene rings is 2. The number of rotatable bonds is 7. The summed E-state index contributed by atoms with van der Waals surface area (Å²) in [5.74, 6) is 0.762. The summed E-state index contributed by atoms with van der Waals surface area (Å²) in [6, 6.07) is 16.2. The van der Waals surface area contributed by atoms with Gasteiger partial charge in [-0.05, 0) is 36.2 Å². The fourth-order valence-corrected chi connectivity index (χ4v) is 3.32. The molecule has 7 heteroatoms. The highest BCUT2D eigenvalue weighted by molar-refractivity contribution is 5.94. The van der Waals surface area contributed by atoms with Crippen molar-refractivity contribution in [2.45, 2.75) is 13.0 Å². The molecule has 7 nitrogen and oxygen atoms in total. The lowest BCUT2D eigenvalue weighted by molar-refractivity contribution is 0.0999. The highest BCUT2D eigenvalue weighted by Crippen LogP contribution is 2.27. The van der Waals surface area contributed by atoms with Crippen LogP contribution < -0.4 is 15.8 Å². The average molecular weight is 387 g/mol. The van der Waals surface area contributed by atoms with Gasteiger partial charge in [-0.2, -0.15) is 0 Å². The maximum atomic E-state index is 11.2. The van der Waals surface area contributed by atoms with Crippen molar-refractivity contribution < 1.29 is 9.53 Å². The molecule has 0 aliphatic carbocycles. The lowest BCUT2D eigenvalue weighted by atomic mass is 10.1. The van der Waals surface area contributed by atoms with Crippen LogP contribution in [0.2, 0.25) is 0 Å². The van der Waals surface area contributed by atoms with Crippen LogP contribution in [0.4, 0.5) is 11.6 Å². The van der Waals surface area contributed by atoms with Crippen molar-refractivity contribution in [3.63, 3.8) is 0 Å². The Labute approximate surface area is 168 Å². The molecule has 0 saturated heterocycles. The Morgan fingerprint density at radius 1 is 1.10 bits per heavy atom. The largest absolute Gasteiger partial charge is 0.496 e. The summed E-state index contributed by atoms with van der Waals surface area (Å²) >= 11 is 0. The van der Waals surface area contributed by atoms with Crippen LogP contribution in [0.1, 0.15) is 15.9 Å². The van der Waals surface area contributed by atoms with Gasteiger partial charge in [0, 0.05) is 30.5 Å². The Hall–Kier alpha value is -3.87. The molecule has 2 aromatic heterocycles. The number of nitrogens with one attached hydrogen (secondary N) is 1. The van der Waals surface area contributed by atoms with Gasteiger partial charge in [-0.3, -0.25) is 4.79 Å². The molecule has 4 rings (SSSR count). The summed E-state index contributed by atoms with van der Waals surface area (Å²) in [4.78, 5) is 19.5. The monoisotopic (exact) mass is 387 g/mol. The van der Waals surface area contributed by atoms with Crippen LogP contribution in [0.3, 0.4) is 0 Å². The van der Waals surface area contributed by atoms with E-state index >= 15 is 0 Å². The second kappa shape index (κ2) is 8.02. The number of carbonyl (C=O) groups is 1. The van der Waals surface area contributed by atoms with Gasteiger partial charge in [0.1, 0.15) is 5.75 Å². The number of amides is 1. The second-order valence-corrected chi connectivity index (χ2v) is 6.59. The number of aromatic nitrogens is 3. The van der Waals surface area contributed by atoms with Crippen LogP contribution in [-0.2, 0) is 13.0 Å². The molecule has 0 saturated carbocycles. The molecule has 2 heterocycles. The minimum Gasteiger partial charge on any atom is -0.496 e. The van der Waals surface area contributed by atoms with E-state index in [-0.39, 0.29) is 5.56 Å². The van der Waals surface area contributed by atoms with Crippen molar-refractivity contribution in [3.05, 3.63) is 78.2 Å². The van der Waals surface area contributed by atoms with Crippen molar-refractivity contribution in [1.29, 1.82) is 0 Å². The third kappa shape index (κ3) is 3.89. The first kappa shape index (κ1) is 18.5. The smallest absolute Gasteiger partial charge is 0.251 e. The standard InChI is InChI=1S/C22H21N5O2/c1-29-20-8-3-2-5-15(20)9-11-27-12-10-17-18(6-4-7-19(17)27)26-22-24-13-16(14-25-22)21(23)28/h2-8,10,12-14H,9,11H2,1H3,(H2,23,28)(H,24,25,26). The molecule has 0 radical (unpaired) electrons. The molecule has 0 aliphatic heterocycles. The molecular weight excluding hydrogens is 366 g/mol. The number of aryl methyl sites for hydroxylation is 2. The molecule has 0 atom stereocenters. The van der Waals surface area contributed by atoms with E-state index in [4.69, 9.17) is 10.5 Å². The van der Waals surface area contributed by atoms with Gasteiger partial charge < -0.3 is 20.4 Å². The Morgan fingerprint density at radius 3 is 2.66 bits per heavy atom. The van der Waals surface area contributed by atoms with Crippen LogP contribution in [0, 0.1) is 0 Å². The van der Waals surface area contributed by atoms with E-state index in [2.05, 4.69) is 44.2 Å². The summed E-state index contributed by atoms with van der Waals surface area (Å²) in [5.41, 5.74) is 8.69. The molecule has 0 spiro atoms. The van der Waals surface area contributed by atoms with Crippen LogP contribution >= 0.6 is 0 Å². The first-order valence-electron chi connectivity index (χ1n) is 9.24. The average Bonchev–Trinajstić information content (AvgIpc) is 3.17. The van der Waals surface area contributed by atoms with E-state index in [1.54, 1.807) is 7.11 Å². The maximum Gasteiger partial charge on any atom is 0.251 e. The van der Waals surface area contributed by atoms with Gasteiger partial charge in [0.2, 0.25) is 5.95 Å². The molecule has 0 unspecified atom stereocenters. The molecule has 4 aromatic rings. The lowest BCUT2D eigenvalue weighted by Gasteiger charge is -2.11. The minimum atomic E-state index is -0.550. The number of hydrogen-bond acceptors (Lipinski definition) is 5. The number of methoxy groups -OCH3 is 1. The van der Waals surface area contributed by atoms with Crippen LogP contribution in [-0.4, -0.2) is 27.6 Å². The quantitative estimate of drug-likeness (QED) is 0.506. The third-order valence-corrected chi connectivity index (χ3v) is 4.81. The van der Waals surface area contributed by atoms with Crippen molar-refractivity contribution in [3.8, 4) is 5.75 Å². The molecule has 3 N–H and O–H groups in total. The van der Waals surface area contributed by atoms with Crippen molar-refractivity contribution in [2.24, 2.45) is 5.73 Å². The number of para-hydroxylation sites is 1. The van der Waals surface area contributed by atoms with Crippen LogP contribution in [0.25, 0.3) is 10.9 Å². The Bertz CT molecular complexity index is 1150. The Morgan fingerprint density at radius 2 is 1.90 bits per heavy atom. The molecule has 29 heavy (non-hydrogen) atoms. The van der Waals surface area contributed by atoms with Crippen molar-refractivity contribution in [2.75, 3.05) is 12.4 Å². The fourth-order valence-electron chi connectivity index (χ4n) is 3.32. The van der Waals surface area contributed by atoms with Gasteiger partial charge in [-0.1, -0.05) is 24.3 Å². The summed E-state index contributed by atoms with van der Waals surface area (Å²) < 4.78 is 7.66.